The molecule has 0 radical (unpaired) electrons. The van der Waals surface area contributed by atoms with Gasteiger partial charge in [-0.1, -0.05) is 36.6 Å². The van der Waals surface area contributed by atoms with Gasteiger partial charge in [0.2, 0.25) is 7.83 Å². The third-order valence-electron chi connectivity index (χ3n) is 4.85. The van der Waals surface area contributed by atoms with Gasteiger partial charge in [-0.25, -0.2) is 0 Å². The average Bonchev–Trinajstić information content (AvgIpc) is 2.32. The molecule has 1 fully saturated rings. The van der Waals surface area contributed by atoms with Gasteiger partial charge in [-0.05, 0) is 25.3 Å². The zero-order chi connectivity index (χ0) is 14.2. The molecule has 100 valence electrons. The first-order valence-corrected chi connectivity index (χ1v) is 11.8. The van der Waals surface area contributed by atoms with Crippen LogP contribution in [-0.4, -0.2) is 21.0 Å². The van der Waals surface area contributed by atoms with E-state index >= 15 is 0 Å². The Labute approximate surface area is 114 Å². The Kier molecular flexibility index (Phi) is 3.83. The summed E-state index contributed by atoms with van der Waals surface area (Å²) in [6.45, 7) is 25.1. The van der Waals surface area contributed by atoms with Crippen molar-refractivity contribution in [3.05, 3.63) is 49.1 Å². The van der Waals surface area contributed by atoms with E-state index in [-0.39, 0.29) is 11.0 Å². The summed E-state index contributed by atoms with van der Waals surface area (Å²) in [5, 5.41) is 0. The van der Waals surface area contributed by atoms with E-state index in [2.05, 4.69) is 65.4 Å². The smallest absolute Gasteiger partial charge is 0.235 e. The Morgan fingerprint density at radius 2 is 1.33 bits per heavy atom. The van der Waals surface area contributed by atoms with E-state index < -0.39 is 15.4 Å². The molecule has 0 spiro atoms. The molecule has 0 aromatic carbocycles. The third-order valence-corrected chi connectivity index (χ3v) is 18.9. The summed E-state index contributed by atoms with van der Waals surface area (Å²) in [6.07, 6.45) is 0. The van der Waals surface area contributed by atoms with E-state index in [1.807, 2.05) is 11.4 Å². The van der Waals surface area contributed by atoms with Crippen molar-refractivity contribution in [2.45, 2.75) is 39.3 Å². The summed E-state index contributed by atoms with van der Waals surface area (Å²) in [6, 6.07) is 1.10. The molecule has 18 heavy (non-hydrogen) atoms. The highest BCUT2D eigenvalue weighted by molar-refractivity contribution is 7.47. The molecule has 1 rings (SSSR count). The average molecular weight is 279 g/mol. The SMILES string of the molecule is C=C[Si]1(C=C)CC(C)(C)C(C)(C)O[Si]1(C=C)C=C. The lowest BCUT2D eigenvalue weighted by atomic mass is 9.79. The highest BCUT2D eigenvalue weighted by Crippen LogP contribution is 2.51. The van der Waals surface area contributed by atoms with Crippen LogP contribution in [0, 0.1) is 5.41 Å². The topological polar surface area (TPSA) is 9.23 Å². The summed E-state index contributed by atoms with van der Waals surface area (Å²) < 4.78 is 6.59. The zero-order valence-electron chi connectivity index (χ0n) is 12.3. The molecule has 1 aliphatic rings. The van der Waals surface area contributed by atoms with E-state index in [9.17, 15) is 0 Å². The predicted molar refractivity (Wildman–Crippen MR) is 86.0 cm³/mol. The Morgan fingerprint density at radius 1 is 0.889 bits per heavy atom. The summed E-state index contributed by atoms with van der Waals surface area (Å²) >= 11 is 0. The van der Waals surface area contributed by atoms with Gasteiger partial charge >= 0.3 is 0 Å². The summed E-state index contributed by atoms with van der Waals surface area (Å²) in [7, 11) is -4.13. The predicted octanol–water partition coefficient (Wildman–Crippen LogP) is 4.19. The van der Waals surface area contributed by atoms with Crippen molar-refractivity contribution >= 4 is 15.4 Å². The monoisotopic (exact) mass is 278 g/mol. The molecule has 1 aliphatic heterocycles. The lowest BCUT2D eigenvalue weighted by Crippen LogP contribution is -2.72. The van der Waals surface area contributed by atoms with Gasteiger partial charge in [-0.3, -0.25) is 0 Å². The van der Waals surface area contributed by atoms with Crippen LogP contribution in [0.4, 0.5) is 0 Å². The van der Waals surface area contributed by atoms with Crippen LogP contribution in [0.15, 0.2) is 49.1 Å². The van der Waals surface area contributed by atoms with E-state index in [4.69, 9.17) is 4.43 Å². The van der Waals surface area contributed by atoms with Gasteiger partial charge in [-0.15, -0.1) is 26.3 Å². The van der Waals surface area contributed by atoms with Gasteiger partial charge < -0.3 is 4.43 Å². The fourth-order valence-corrected chi connectivity index (χ4v) is 16.2. The highest BCUT2D eigenvalue weighted by atomic mass is 29.3. The Morgan fingerprint density at radius 3 is 1.67 bits per heavy atom. The molecule has 0 atom stereocenters. The van der Waals surface area contributed by atoms with Crippen molar-refractivity contribution in [1.29, 1.82) is 0 Å². The van der Waals surface area contributed by atoms with Gasteiger partial charge in [0.15, 0.2) is 0 Å². The molecule has 1 heterocycles. The highest BCUT2D eigenvalue weighted by Gasteiger charge is 2.61. The van der Waals surface area contributed by atoms with Gasteiger partial charge in [0.05, 0.1) is 5.60 Å². The van der Waals surface area contributed by atoms with Gasteiger partial charge in [0.1, 0.15) is 7.59 Å². The lowest BCUT2D eigenvalue weighted by Gasteiger charge is -2.58. The molecule has 3 heteroatoms. The van der Waals surface area contributed by atoms with E-state index in [0.29, 0.717) is 0 Å². The molecular weight excluding hydrogens is 252 g/mol. The molecule has 0 aliphatic carbocycles. The van der Waals surface area contributed by atoms with E-state index in [0.717, 1.165) is 6.04 Å². The standard InChI is InChI=1S/C15H26OSi2/c1-9-17(10-2)13-14(5,6)15(7,8)16-18(17,11-3)12-4/h9-12H,1-4,13H2,5-8H3. The molecule has 0 unspecified atom stereocenters. The maximum atomic E-state index is 6.59. The summed E-state index contributed by atoms with van der Waals surface area (Å²) in [4.78, 5) is 0. The fraction of sp³-hybridized carbons (Fsp3) is 0.467. The minimum absolute atomic E-state index is 0.101. The first-order valence-electron chi connectivity index (χ1n) is 6.40. The van der Waals surface area contributed by atoms with Gasteiger partial charge in [-0.2, -0.15) is 0 Å². The molecule has 0 saturated carbocycles. The third kappa shape index (κ3) is 1.85. The Hall–Kier alpha value is -0.646. The molecule has 0 aromatic rings. The van der Waals surface area contributed by atoms with Crippen LogP contribution in [0.2, 0.25) is 6.04 Å². The van der Waals surface area contributed by atoms with Crippen molar-refractivity contribution in [3.63, 3.8) is 0 Å². The molecule has 1 nitrogen and oxygen atoms in total. The van der Waals surface area contributed by atoms with Crippen molar-refractivity contribution in [3.8, 4) is 0 Å². The minimum Gasteiger partial charge on any atom is -0.406 e. The number of hydrogen-bond acceptors (Lipinski definition) is 1. The molecule has 0 aromatic heterocycles. The zero-order valence-corrected chi connectivity index (χ0v) is 14.3. The van der Waals surface area contributed by atoms with Crippen molar-refractivity contribution in [2.75, 3.05) is 0 Å². The molecule has 1 saturated heterocycles. The number of hydrogen-bond donors (Lipinski definition) is 0. The molecule has 0 N–H and O–H groups in total. The quantitative estimate of drug-likeness (QED) is 0.701. The van der Waals surface area contributed by atoms with Crippen LogP contribution >= 0.6 is 0 Å². The molecule has 0 bridgehead atoms. The first-order chi connectivity index (χ1) is 8.16. The van der Waals surface area contributed by atoms with Crippen molar-refractivity contribution < 1.29 is 4.43 Å². The van der Waals surface area contributed by atoms with Crippen LogP contribution in [0.3, 0.4) is 0 Å². The second-order valence-corrected chi connectivity index (χ2v) is 17.3. The van der Waals surface area contributed by atoms with Crippen LogP contribution in [0.1, 0.15) is 27.7 Å². The fourth-order valence-electron chi connectivity index (χ4n) is 2.83. The summed E-state index contributed by atoms with van der Waals surface area (Å²) in [5.74, 6) is 0. The second kappa shape index (κ2) is 4.47. The van der Waals surface area contributed by atoms with Crippen LogP contribution in [-0.2, 0) is 4.43 Å². The first kappa shape index (κ1) is 15.4. The van der Waals surface area contributed by atoms with Gasteiger partial charge in [0.25, 0.3) is 0 Å². The normalized spacial score (nSPS) is 26.9. The molecule has 0 amide bonds. The van der Waals surface area contributed by atoms with E-state index in [1.165, 1.54) is 0 Å². The number of rotatable bonds is 4. The van der Waals surface area contributed by atoms with Crippen LogP contribution < -0.4 is 0 Å². The van der Waals surface area contributed by atoms with Crippen LogP contribution in [0.5, 0.6) is 0 Å². The Bertz CT molecular complexity index is 339. The van der Waals surface area contributed by atoms with Gasteiger partial charge in [0, 0.05) is 0 Å². The largest absolute Gasteiger partial charge is 0.406 e. The maximum Gasteiger partial charge on any atom is 0.235 e. The lowest BCUT2D eigenvalue weighted by molar-refractivity contribution is -0.00978. The second-order valence-electron chi connectivity index (χ2n) is 6.32. The van der Waals surface area contributed by atoms with Crippen LogP contribution in [0.25, 0.3) is 0 Å². The molecular formula is C15H26OSi2. The summed E-state index contributed by atoms with van der Waals surface area (Å²) in [5.41, 5.74) is 8.20. The van der Waals surface area contributed by atoms with Crippen molar-refractivity contribution in [2.24, 2.45) is 5.41 Å². The minimum atomic E-state index is -2.20. The maximum absolute atomic E-state index is 6.59. The Balaban J connectivity index is 3.50. The van der Waals surface area contributed by atoms with Crippen molar-refractivity contribution in [1.82, 2.24) is 0 Å². The van der Waals surface area contributed by atoms with E-state index in [1.54, 1.807) is 0 Å².